The molecule has 27 heavy (non-hydrogen) atoms. The highest BCUT2D eigenvalue weighted by molar-refractivity contribution is 5.89. The van der Waals surface area contributed by atoms with Gasteiger partial charge in [0.05, 0.1) is 18.8 Å². The smallest absolute Gasteiger partial charge is 0.161 e. The lowest BCUT2D eigenvalue weighted by atomic mass is 10.0. The van der Waals surface area contributed by atoms with E-state index in [-0.39, 0.29) is 5.82 Å². The number of methoxy groups -OCH3 is 1. The number of nitriles is 1. The average Bonchev–Trinajstić information content (AvgIpc) is 2.71. The van der Waals surface area contributed by atoms with E-state index in [9.17, 15) is 9.65 Å². The first-order valence-electron chi connectivity index (χ1n) is 8.42. The molecule has 4 heteroatoms. The van der Waals surface area contributed by atoms with Crippen molar-refractivity contribution in [3.8, 4) is 17.6 Å². The van der Waals surface area contributed by atoms with E-state index >= 15 is 0 Å². The summed E-state index contributed by atoms with van der Waals surface area (Å²) in [5.41, 5.74) is 2.72. The Morgan fingerprint density at radius 2 is 1.81 bits per heavy atom. The number of ether oxygens (including phenoxy) is 2. The molecule has 0 radical (unpaired) electrons. The molecule has 0 fully saturated rings. The summed E-state index contributed by atoms with van der Waals surface area (Å²) in [6.45, 7) is 0.430. The van der Waals surface area contributed by atoms with Gasteiger partial charge in [-0.25, -0.2) is 4.39 Å². The molecule has 0 aliphatic rings. The van der Waals surface area contributed by atoms with Crippen LogP contribution in [0.5, 0.6) is 11.5 Å². The number of benzene rings is 3. The zero-order valence-electron chi connectivity index (χ0n) is 14.9. The van der Waals surface area contributed by atoms with Gasteiger partial charge in [-0.2, -0.15) is 5.26 Å². The van der Waals surface area contributed by atoms with Crippen molar-refractivity contribution in [3.63, 3.8) is 0 Å². The molecule has 0 amide bonds. The molecular formula is C23H18FNO2. The number of rotatable bonds is 6. The van der Waals surface area contributed by atoms with Crippen molar-refractivity contribution >= 4 is 11.6 Å². The molecular weight excluding hydrogens is 341 g/mol. The monoisotopic (exact) mass is 359 g/mol. The maximum absolute atomic E-state index is 13.4. The molecule has 0 unspecified atom stereocenters. The Morgan fingerprint density at radius 1 is 1.00 bits per heavy atom. The number of hydrogen-bond donors (Lipinski definition) is 0. The molecule has 3 nitrogen and oxygen atoms in total. The van der Waals surface area contributed by atoms with Crippen LogP contribution in [0, 0.1) is 17.1 Å². The van der Waals surface area contributed by atoms with Crippen LogP contribution >= 0.6 is 0 Å². The second kappa shape index (κ2) is 8.68. The van der Waals surface area contributed by atoms with Gasteiger partial charge >= 0.3 is 0 Å². The van der Waals surface area contributed by atoms with Crippen LogP contribution in [0.15, 0.2) is 72.8 Å². The Balaban J connectivity index is 1.83. The van der Waals surface area contributed by atoms with Crippen LogP contribution in [0.3, 0.4) is 0 Å². The summed E-state index contributed by atoms with van der Waals surface area (Å²) >= 11 is 0. The van der Waals surface area contributed by atoms with Crippen LogP contribution in [0.25, 0.3) is 11.6 Å². The summed E-state index contributed by atoms with van der Waals surface area (Å²) in [5, 5.41) is 9.43. The molecule has 3 aromatic carbocycles. The van der Waals surface area contributed by atoms with Gasteiger partial charge in [0.25, 0.3) is 0 Å². The van der Waals surface area contributed by atoms with Crippen LogP contribution in [0.4, 0.5) is 4.39 Å². The van der Waals surface area contributed by atoms with E-state index in [0.717, 1.165) is 11.1 Å². The van der Waals surface area contributed by atoms with Crippen molar-refractivity contribution in [3.05, 3.63) is 95.3 Å². The summed E-state index contributed by atoms with van der Waals surface area (Å²) in [6, 6.07) is 23.3. The largest absolute Gasteiger partial charge is 0.493 e. The lowest BCUT2D eigenvalue weighted by Crippen LogP contribution is -1.97. The van der Waals surface area contributed by atoms with Crippen molar-refractivity contribution in [2.75, 3.05) is 7.11 Å². The molecule has 0 saturated heterocycles. The minimum Gasteiger partial charge on any atom is -0.493 e. The molecule has 134 valence electrons. The third-order valence-corrected chi connectivity index (χ3v) is 3.99. The molecule has 0 saturated carbocycles. The molecule has 0 heterocycles. The normalized spacial score (nSPS) is 10.9. The lowest BCUT2D eigenvalue weighted by molar-refractivity contribution is 0.284. The summed E-state index contributed by atoms with van der Waals surface area (Å²) < 4.78 is 24.7. The van der Waals surface area contributed by atoms with Gasteiger partial charge in [0.2, 0.25) is 0 Å². The predicted molar refractivity (Wildman–Crippen MR) is 104 cm³/mol. The first-order valence-corrected chi connectivity index (χ1v) is 8.42. The Labute approximate surface area is 157 Å². The summed E-state index contributed by atoms with van der Waals surface area (Å²) in [5.74, 6) is 0.801. The number of halogens is 1. The van der Waals surface area contributed by atoms with E-state index in [4.69, 9.17) is 9.47 Å². The molecule has 0 aliphatic carbocycles. The van der Waals surface area contributed by atoms with Crippen molar-refractivity contribution < 1.29 is 13.9 Å². The molecule has 3 aromatic rings. The van der Waals surface area contributed by atoms with Gasteiger partial charge in [-0.3, -0.25) is 0 Å². The van der Waals surface area contributed by atoms with E-state index in [1.165, 1.54) is 12.1 Å². The Kier molecular flexibility index (Phi) is 5.86. The Bertz CT molecular complexity index is 991. The highest BCUT2D eigenvalue weighted by Crippen LogP contribution is 2.30. The predicted octanol–water partition coefficient (Wildman–Crippen LogP) is 5.48. The maximum Gasteiger partial charge on any atom is 0.161 e. The highest BCUT2D eigenvalue weighted by Gasteiger charge is 2.08. The fourth-order valence-corrected chi connectivity index (χ4v) is 2.63. The highest BCUT2D eigenvalue weighted by atomic mass is 19.1. The molecule has 0 spiro atoms. The second-order valence-electron chi connectivity index (χ2n) is 5.86. The fraction of sp³-hybridized carbons (Fsp3) is 0.0870. The lowest BCUT2D eigenvalue weighted by Gasteiger charge is -2.11. The van der Waals surface area contributed by atoms with E-state index < -0.39 is 0 Å². The van der Waals surface area contributed by atoms with Crippen LogP contribution in [0.2, 0.25) is 0 Å². The minimum absolute atomic E-state index is 0.370. The number of allylic oxidation sites excluding steroid dienone is 1. The summed E-state index contributed by atoms with van der Waals surface area (Å²) in [7, 11) is 1.57. The minimum atomic E-state index is -0.379. The van der Waals surface area contributed by atoms with Gasteiger partial charge in [-0.05, 0) is 47.0 Å². The van der Waals surface area contributed by atoms with Crippen molar-refractivity contribution in [2.45, 2.75) is 6.61 Å². The van der Waals surface area contributed by atoms with Gasteiger partial charge in [0, 0.05) is 0 Å². The third-order valence-electron chi connectivity index (χ3n) is 3.99. The maximum atomic E-state index is 13.4. The van der Waals surface area contributed by atoms with Crippen molar-refractivity contribution in [1.29, 1.82) is 5.26 Å². The van der Waals surface area contributed by atoms with E-state index in [1.807, 2.05) is 36.4 Å². The first-order chi connectivity index (χ1) is 13.2. The van der Waals surface area contributed by atoms with Crippen LogP contribution in [0.1, 0.15) is 16.7 Å². The van der Waals surface area contributed by atoms with Crippen LogP contribution in [-0.2, 0) is 6.61 Å². The van der Waals surface area contributed by atoms with Gasteiger partial charge < -0.3 is 9.47 Å². The number of nitrogens with zero attached hydrogens (tertiary/aromatic N) is 1. The standard InChI is InChI=1S/C23H18FNO2/c1-26-23-13-18(12-20(15-25)19-8-5-9-21(24)14-19)10-11-22(23)27-16-17-6-3-2-4-7-17/h2-14H,16H2,1H3. The van der Waals surface area contributed by atoms with Crippen LogP contribution < -0.4 is 9.47 Å². The molecule has 3 rings (SSSR count). The first kappa shape index (κ1) is 18.2. The Hall–Kier alpha value is -3.58. The zero-order valence-corrected chi connectivity index (χ0v) is 14.9. The molecule has 0 atom stereocenters. The summed E-state index contributed by atoms with van der Waals surface area (Å²) in [4.78, 5) is 0. The van der Waals surface area contributed by atoms with Crippen molar-refractivity contribution in [2.24, 2.45) is 0 Å². The second-order valence-corrected chi connectivity index (χ2v) is 5.86. The summed E-state index contributed by atoms with van der Waals surface area (Å²) in [6.07, 6.45) is 1.69. The third kappa shape index (κ3) is 4.74. The molecule has 0 aromatic heterocycles. The molecule has 0 N–H and O–H groups in total. The molecule has 0 bridgehead atoms. The van der Waals surface area contributed by atoms with Crippen molar-refractivity contribution in [1.82, 2.24) is 0 Å². The van der Waals surface area contributed by atoms with E-state index in [2.05, 4.69) is 6.07 Å². The average molecular weight is 359 g/mol. The SMILES string of the molecule is COc1cc(C=C(C#N)c2cccc(F)c2)ccc1OCc1ccccc1. The van der Waals surface area contributed by atoms with Gasteiger partial charge in [0.15, 0.2) is 11.5 Å². The Morgan fingerprint density at radius 3 is 2.52 bits per heavy atom. The quantitative estimate of drug-likeness (QED) is 0.432. The van der Waals surface area contributed by atoms with Gasteiger partial charge in [-0.1, -0.05) is 48.5 Å². The van der Waals surface area contributed by atoms with E-state index in [1.54, 1.807) is 37.5 Å². The molecule has 0 aliphatic heterocycles. The number of hydrogen-bond acceptors (Lipinski definition) is 3. The van der Waals surface area contributed by atoms with E-state index in [0.29, 0.717) is 29.2 Å². The fourth-order valence-electron chi connectivity index (χ4n) is 2.63. The van der Waals surface area contributed by atoms with Crippen LogP contribution in [-0.4, -0.2) is 7.11 Å². The zero-order chi connectivity index (χ0) is 19.1. The topological polar surface area (TPSA) is 42.2 Å². The van der Waals surface area contributed by atoms with Gasteiger partial charge in [0.1, 0.15) is 12.4 Å². The van der Waals surface area contributed by atoms with Gasteiger partial charge in [-0.15, -0.1) is 0 Å².